The summed E-state index contributed by atoms with van der Waals surface area (Å²) in [6.07, 6.45) is 0.733. The van der Waals surface area contributed by atoms with E-state index in [1.807, 2.05) is 17.0 Å². The number of hydrogen-bond donors (Lipinski definition) is 1. The summed E-state index contributed by atoms with van der Waals surface area (Å²) in [6.45, 7) is 1.06. The number of carbonyl (C=O) groups is 1. The third-order valence-electron chi connectivity index (χ3n) is 4.03. The molecule has 0 fully saturated rings. The lowest BCUT2D eigenvalue weighted by atomic mass is 10.2. The summed E-state index contributed by atoms with van der Waals surface area (Å²) in [7, 11) is 1.92. The van der Waals surface area contributed by atoms with Crippen molar-refractivity contribution in [1.82, 2.24) is 14.8 Å². The molecule has 2 aromatic heterocycles. The van der Waals surface area contributed by atoms with Crippen molar-refractivity contribution in [3.05, 3.63) is 46.4 Å². The highest BCUT2D eigenvalue weighted by Gasteiger charge is 2.15. The Bertz CT molecular complexity index is 940. The summed E-state index contributed by atoms with van der Waals surface area (Å²) < 4.78 is 12.9. The van der Waals surface area contributed by atoms with Crippen molar-refractivity contribution in [2.75, 3.05) is 24.3 Å². The van der Waals surface area contributed by atoms with Crippen LogP contribution < -0.4 is 14.8 Å². The van der Waals surface area contributed by atoms with E-state index in [4.69, 9.17) is 9.47 Å². The van der Waals surface area contributed by atoms with Gasteiger partial charge in [0.25, 0.3) is 0 Å². The van der Waals surface area contributed by atoms with Crippen molar-refractivity contribution >= 4 is 34.7 Å². The van der Waals surface area contributed by atoms with Gasteiger partial charge in [0.15, 0.2) is 16.7 Å². The third-order valence-corrected chi connectivity index (χ3v) is 5.78. The van der Waals surface area contributed by atoms with E-state index in [-0.39, 0.29) is 11.7 Å². The lowest BCUT2D eigenvalue weighted by Crippen LogP contribution is -2.17. The van der Waals surface area contributed by atoms with Crippen LogP contribution in [0.1, 0.15) is 11.4 Å². The summed E-state index contributed by atoms with van der Waals surface area (Å²) >= 11 is 3.02. The van der Waals surface area contributed by atoms with Gasteiger partial charge in [0.05, 0.1) is 5.75 Å². The molecule has 0 radical (unpaired) electrons. The number of ether oxygens (including phenoxy) is 2. The highest BCUT2D eigenvalue weighted by Crippen LogP contribution is 2.32. The minimum absolute atomic E-state index is 0.112. The summed E-state index contributed by atoms with van der Waals surface area (Å²) in [6, 6.07) is 7.46. The summed E-state index contributed by atoms with van der Waals surface area (Å²) in [5.74, 6) is 2.37. The topological polar surface area (TPSA) is 78.3 Å². The predicted molar refractivity (Wildman–Crippen MR) is 105 cm³/mol. The molecular weight excluding hydrogens is 384 g/mol. The van der Waals surface area contributed by atoms with Gasteiger partial charge >= 0.3 is 0 Å². The fourth-order valence-corrected chi connectivity index (χ4v) is 4.05. The van der Waals surface area contributed by atoms with Crippen LogP contribution in [0.15, 0.2) is 40.2 Å². The average Bonchev–Trinajstić information content (AvgIpc) is 3.31. The van der Waals surface area contributed by atoms with Crippen LogP contribution in [-0.4, -0.2) is 39.6 Å². The molecule has 1 aliphatic rings. The normalized spacial score (nSPS) is 12.8. The van der Waals surface area contributed by atoms with Gasteiger partial charge in [-0.1, -0.05) is 11.8 Å². The van der Waals surface area contributed by atoms with E-state index in [0.717, 1.165) is 17.4 Å². The second kappa shape index (κ2) is 8.01. The number of thioether (sulfide) groups is 1. The van der Waals surface area contributed by atoms with E-state index < -0.39 is 0 Å². The lowest BCUT2D eigenvalue weighted by molar-refractivity contribution is -0.113. The molecule has 0 unspecified atom stereocenters. The molecule has 1 N–H and O–H groups in total. The minimum atomic E-state index is -0.112. The fraction of sp³-hybridized carbons (Fsp3) is 0.278. The third kappa shape index (κ3) is 4.25. The Labute approximate surface area is 164 Å². The Morgan fingerprint density at radius 3 is 2.93 bits per heavy atom. The van der Waals surface area contributed by atoms with E-state index in [1.54, 1.807) is 29.5 Å². The molecule has 0 atom stereocenters. The number of carbonyl (C=O) groups excluding carboxylic acids is 1. The first-order valence-electron chi connectivity index (χ1n) is 8.40. The summed E-state index contributed by atoms with van der Waals surface area (Å²) in [4.78, 5) is 12.3. The van der Waals surface area contributed by atoms with Gasteiger partial charge in [-0.15, -0.1) is 10.2 Å². The van der Waals surface area contributed by atoms with Crippen LogP contribution >= 0.6 is 23.1 Å². The van der Waals surface area contributed by atoms with E-state index in [0.29, 0.717) is 30.4 Å². The standard InChI is InChI=1S/C18H18N4O3S2/c1-22-16(8-12-4-7-26-10-12)20-21-18(22)27-11-17(23)19-13-2-3-14-15(9-13)25-6-5-24-14/h2-4,7,9-10H,5-6,8,11H2,1H3,(H,19,23). The van der Waals surface area contributed by atoms with Crippen LogP contribution in [0, 0.1) is 0 Å². The molecule has 0 saturated heterocycles. The van der Waals surface area contributed by atoms with Gasteiger partial charge < -0.3 is 19.4 Å². The second-order valence-corrected chi connectivity index (χ2v) is 7.68. The number of nitrogens with zero attached hydrogens (tertiary/aromatic N) is 3. The number of anilines is 1. The Kier molecular flexibility index (Phi) is 5.30. The molecule has 1 aliphatic heterocycles. The SMILES string of the molecule is Cn1c(Cc2ccsc2)nnc1SCC(=O)Nc1ccc2c(c1)OCCO2. The molecule has 7 nitrogen and oxygen atoms in total. The van der Waals surface area contributed by atoms with Gasteiger partial charge in [-0.25, -0.2) is 0 Å². The Morgan fingerprint density at radius 1 is 1.26 bits per heavy atom. The van der Waals surface area contributed by atoms with Gasteiger partial charge in [-0.3, -0.25) is 4.79 Å². The molecule has 27 heavy (non-hydrogen) atoms. The maximum atomic E-state index is 12.3. The predicted octanol–water partition coefficient (Wildman–Crippen LogP) is 2.97. The molecule has 0 saturated carbocycles. The molecule has 0 aliphatic carbocycles. The number of nitrogens with one attached hydrogen (secondary N) is 1. The van der Waals surface area contributed by atoms with Crippen molar-refractivity contribution in [1.29, 1.82) is 0 Å². The number of amides is 1. The molecule has 140 valence electrons. The minimum Gasteiger partial charge on any atom is -0.486 e. The monoisotopic (exact) mass is 402 g/mol. The first-order valence-corrected chi connectivity index (χ1v) is 10.3. The molecule has 4 rings (SSSR count). The number of thiophene rings is 1. The molecule has 3 aromatic rings. The number of hydrogen-bond acceptors (Lipinski definition) is 7. The van der Waals surface area contributed by atoms with Crippen molar-refractivity contribution in [3.63, 3.8) is 0 Å². The second-order valence-electron chi connectivity index (χ2n) is 5.96. The number of fused-ring (bicyclic) bond motifs is 1. The quantitative estimate of drug-likeness (QED) is 0.639. The van der Waals surface area contributed by atoms with Crippen molar-refractivity contribution in [3.8, 4) is 11.5 Å². The number of aromatic nitrogens is 3. The zero-order chi connectivity index (χ0) is 18.6. The Hall–Kier alpha value is -2.52. The van der Waals surface area contributed by atoms with Crippen molar-refractivity contribution in [2.45, 2.75) is 11.6 Å². The zero-order valence-corrected chi connectivity index (χ0v) is 16.3. The maximum Gasteiger partial charge on any atom is 0.234 e. The van der Waals surface area contributed by atoms with E-state index in [2.05, 4.69) is 27.0 Å². The van der Waals surface area contributed by atoms with Gasteiger partial charge in [0.1, 0.15) is 19.0 Å². The van der Waals surface area contributed by atoms with Gasteiger partial charge in [-0.2, -0.15) is 11.3 Å². The van der Waals surface area contributed by atoms with Crippen LogP contribution in [0.5, 0.6) is 11.5 Å². The largest absolute Gasteiger partial charge is 0.486 e. The molecule has 1 amide bonds. The Balaban J connectivity index is 1.33. The van der Waals surface area contributed by atoms with E-state index in [1.165, 1.54) is 17.3 Å². The van der Waals surface area contributed by atoms with Gasteiger partial charge in [0, 0.05) is 25.2 Å². The van der Waals surface area contributed by atoms with Crippen LogP contribution in [-0.2, 0) is 18.3 Å². The average molecular weight is 403 g/mol. The number of benzene rings is 1. The van der Waals surface area contributed by atoms with Crippen LogP contribution in [0.3, 0.4) is 0 Å². The maximum absolute atomic E-state index is 12.3. The highest BCUT2D eigenvalue weighted by molar-refractivity contribution is 7.99. The van der Waals surface area contributed by atoms with Crippen LogP contribution in [0.25, 0.3) is 0 Å². The smallest absolute Gasteiger partial charge is 0.234 e. The fourth-order valence-electron chi connectivity index (χ4n) is 2.65. The van der Waals surface area contributed by atoms with E-state index >= 15 is 0 Å². The lowest BCUT2D eigenvalue weighted by Gasteiger charge is -2.18. The highest BCUT2D eigenvalue weighted by atomic mass is 32.2. The van der Waals surface area contributed by atoms with Crippen LogP contribution in [0.2, 0.25) is 0 Å². The molecular formula is C18H18N4O3S2. The molecule has 3 heterocycles. The van der Waals surface area contributed by atoms with E-state index in [9.17, 15) is 4.79 Å². The molecule has 9 heteroatoms. The molecule has 0 bridgehead atoms. The molecule has 0 spiro atoms. The summed E-state index contributed by atoms with van der Waals surface area (Å²) in [5.41, 5.74) is 1.89. The zero-order valence-electron chi connectivity index (χ0n) is 14.7. The van der Waals surface area contributed by atoms with Gasteiger partial charge in [0.2, 0.25) is 5.91 Å². The van der Waals surface area contributed by atoms with Crippen LogP contribution in [0.4, 0.5) is 5.69 Å². The number of rotatable bonds is 6. The Morgan fingerprint density at radius 2 is 2.11 bits per heavy atom. The first-order chi connectivity index (χ1) is 13.2. The van der Waals surface area contributed by atoms with Crippen molar-refractivity contribution in [2.24, 2.45) is 7.05 Å². The van der Waals surface area contributed by atoms with Gasteiger partial charge in [-0.05, 0) is 34.5 Å². The molecule has 1 aromatic carbocycles. The summed E-state index contributed by atoms with van der Waals surface area (Å²) in [5, 5.41) is 16.2. The van der Waals surface area contributed by atoms with Crippen molar-refractivity contribution < 1.29 is 14.3 Å². The first kappa shape index (κ1) is 17.9.